The van der Waals surface area contributed by atoms with E-state index in [9.17, 15) is 4.79 Å². The molecule has 0 aromatic carbocycles. The molecule has 0 atom stereocenters. The van der Waals surface area contributed by atoms with Crippen LogP contribution >= 0.6 is 0 Å². The maximum absolute atomic E-state index is 11.7. The molecule has 0 radical (unpaired) electrons. The van der Waals surface area contributed by atoms with Gasteiger partial charge < -0.3 is 11.1 Å². The quantitative estimate of drug-likeness (QED) is 0.769. The first-order valence-electron chi connectivity index (χ1n) is 5.59. The average Bonchev–Trinajstić information content (AvgIpc) is 2.57. The Morgan fingerprint density at radius 3 is 2.88 bits per heavy atom. The van der Waals surface area contributed by atoms with Gasteiger partial charge in [-0.05, 0) is 25.7 Å². The van der Waals surface area contributed by atoms with Crippen molar-refractivity contribution in [3.8, 4) is 0 Å². The molecule has 1 amide bonds. The lowest BCUT2D eigenvalue weighted by Crippen LogP contribution is -2.53. The fraction of sp³-hybridized carbons (Fsp3) is 0.700. The summed E-state index contributed by atoms with van der Waals surface area (Å²) in [5.41, 5.74) is 5.40. The van der Waals surface area contributed by atoms with Crippen molar-refractivity contribution in [2.24, 2.45) is 0 Å². The van der Waals surface area contributed by atoms with Crippen LogP contribution in [0.1, 0.15) is 32.6 Å². The van der Waals surface area contributed by atoms with E-state index in [1.807, 2.05) is 0 Å². The Labute approximate surface area is 94.2 Å². The lowest BCUT2D eigenvalue weighted by atomic mass is 9.75. The van der Waals surface area contributed by atoms with Crippen LogP contribution < -0.4 is 11.1 Å². The minimum Gasteiger partial charge on any atom is -0.367 e. The predicted molar refractivity (Wildman–Crippen MR) is 59.5 cm³/mol. The molecule has 16 heavy (non-hydrogen) atoms. The fourth-order valence-corrected chi connectivity index (χ4v) is 2.04. The molecule has 1 heterocycles. The SMILES string of the molecule is CCC1(NC(=O)Cn2cnc(N)n2)CCC1. The number of hydrogen-bond donors (Lipinski definition) is 2. The van der Waals surface area contributed by atoms with Gasteiger partial charge in [0.1, 0.15) is 12.9 Å². The van der Waals surface area contributed by atoms with E-state index in [0.717, 1.165) is 19.3 Å². The van der Waals surface area contributed by atoms with Crippen molar-refractivity contribution < 1.29 is 4.79 Å². The molecule has 1 aliphatic carbocycles. The molecule has 0 aliphatic heterocycles. The van der Waals surface area contributed by atoms with Gasteiger partial charge in [0.15, 0.2) is 0 Å². The van der Waals surface area contributed by atoms with Gasteiger partial charge >= 0.3 is 0 Å². The van der Waals surface area contributed by atoms with Crippen LogP contribution in [0.15, 0.2) is 6.33 Å². The molecule has 88 valence electrons. The molecular weight excluding hydrogens is 206 g/mol. The Balaban J connectivity index is 1.89. The van der Waals surface area contributed by atoms with Gasteiger partial charge in [0.2, 0.25) is 11.9 Å². The number of carbonyl (C=O) groups is 1. The largest absolute Gasteiger partial charge is 0.367 e. The van der Waals surface area contributed by atoms with Crippen LogP contribution in [0.25, 0.3) is 0 Å². The number of aromatic nitrogens is 3. The molecule has 1 aliphatic rings. The summed E-state index contributed by atoms with van der Waals surface area (Å²) >= 11 is 0. The van der Waals surface area contributed by atoms with E-state index in [1.54, 1.807) is 0 Å². The monoisotopic (exact) mass is 223 g/mol. The zero-order valence-electron chi connectivity index (χ0n) is 9.44. The molecule has 6 heteroatoms. The van der Waals surface area contributed by atoms with Gasteiger partial charge in [-0.25, -0.2) is 9.67 Å². The molecule has 1 fully saturated rings. The molecule has 0 unspecified atom stereocenters. The molecule has 6 nitrogen and oxygen atoms in total. The van der Waals surface area contributed by atoms with E-state index in [4.69, 9.17) is 5.73 Å². The lowest BCUT2D eigenvalue weighted by Gasteiger charge is -2.42. The fourth-order valence-electron chi connectivity index (χ4n) is 2.04. The highest BCUT2D eigenvalue weighted by Crippen LogP contribution is 2.34. The highest BCUT2D eigenvalue weighted by Gasteiger charge is 2.36. The number of amides is 1. The summed E-state index contributed by atoms with van der Waals surface area (Å²) in [6.07, 6.45) is 5.81. The van der Waals surface area contributed by atoms with Gasteiger partial charge in [0.05, 0.1) is 0 Å². The maximum atomic E-state index is 11.7. The number of rotatable bonds is 4. The molecular formula is C10H17N5O. The van der Waals surface area contributed by atoms with Crippen LogP contribution in [0, 0.1) is 0 Å². The summed E-state index contributed by atoms with van der Waals surface area (Å²) in [5, 5.41) is 6.94. The molecule has 1 aromatic rings. The lowest BCUT2D eigenvalue weighted by molar-refractivity contribution is -0.125. The molecule has 0 bridgehead atoms. The Hall–Kier alpha value is -1.59. The van der Waals surface area contributed by atoms with E-state index in [0.29, 0.717) is 0 Å². The van der Waals surface area contributed by atoms with Gasteiger partial charge in [-0.3, -0.25) is 4.79 Å². The summed E-state index contributed by atoms with van der Waals surface area (Å²) in [7, 11) is 0. The van der Waals surface area contributed by atoms with Gasteiger partial charge in [-0.1, -0.05) is 6.92 Å². The van der Waals surface area contributed by atoms with Crippen LogP contribution in [0.2, 0.25) is 0 Å². The molecule has 0 spiro atoms. The Bertz CT molecular complexity index is 377. The van der Waals surface area contributed by atoms with Crippen molar-refractivity contribution in [3.05, 3.63) is 6.33 Å². The number of hydrogen-bond acceptors (Lipinski definition) is 4. The van der Waals surface area contributed by atoms with Gasteiger partial charge in [0.25, 0.3) is 0 Å². The Morgan fingerprint density at radius 2 is 2.44 bits per heavy atom. The van der Waals surface area contributed by atoms with Crippen molar-refractivity contribution in [2.45, 2.75) is 44.7 Å². The summed E-state index contributed by atoms with van der Waals surface area (Å²) in [6.45, 7) is 2.29. The average molecular weight is 223 g/mol. The topological polar surface area (TPSA) is 85.8 Å². The first-order valence-corrected chi connectivity index (χ1v) is 5.59. The second-order valence-corrected chi connectivity index (χ2v) is 4.34. The van der Waals surface area contributed by atoms with Crippen molar-refractivity contribution in [3.63, 3.8) is 0 Å². The van der Waals surface area contributed by atoms with Crippen LogP contribution in [0.5, 0.6) is 0 Å². The second kappa shape index (κ2) is 4.11. The zero-order chi connectivity index (χ0) is 11.6. The van der Waals surface area contributed by atoms with Crippen LogP contribution in [-0.4, -0.2) is 26.2 Å². The predicted octanol–water partition coefficient (Wildman–Crippen LogP) is 0.309. The number of anilines is 1. The highest BCUT2D eigenvalue weighted by atomic mass is 16.2. The maximum Gasteiger partial charge on any atom is 0.242 e. The molecule has 0 saturated heterocycles. The van der Waals surface area contributed by atoms with Gasteiger partial charge in [0, 0.05) is 5.54 Å². The third kappa shape index (κ3) is 2.15. The number of carbonyl (C=O) groups excluding carboxylic acids is 1. The smallest absolute Gasteiger partial charge is 0.242 e. The third-order valence-corrected chi connectivity index (χ3v) is 3.25. The van der Waals surface area contributed by atoms with Gasteiger partial charge in [-0.15, -0.1) is 5.10 Å². The Kier molecular flexibility index (Phi) is 2.80. The van der Waals surface area contributed by atoms with Crippen molar-refractivity contribution in [1.82, 2.24) is 20.1 Å². The molecule has 1 saturated carbocycles. The van der Waals surface area contributed by atoms with Crippen molar-refractivity contribution in [1.29, 1.82) is 0 Å². The zero-order valence-corrected chi connectivity index (χ0v) is 9.44. The minimum absolute atomic E-state index is 0.0218. The molecule has 1 aromatic heterocycles. The number of nitrogens with one attached hydrogen (secondary N) is 1. The van der Waals surface area contributed by atoms with E-state index < -0.39 is 0 Å². The summed E-state index contributed by atoms with van der Waals surface area (Å²) < 4.78 is 1.45. The standard InChI is InChI=1S/C10H17N5O/c1-2-10(4-3-5-10)13-8(16)6-15-7-12-9(11)14-15/h7H,2-6H2,1H3,(H2,11,14)(H,13,16). The first kappa shape index (κ1) is 10.9. The van der Waals surface area contributed by atoms with E-state index in [1.165, 1.54) is 17.4 Å². The minimum atomic E-state index is -0.0218. The van der Waals surface area contributed by atoms with Crippen molar-refractivity contribution >= 4 is 11.9 Å². The van der Waals surface area contributed by atoms with Crippen LogP contribution in [0.4, 0.5) is 5.95 Å². The van der Waals surface area contributed by atoms with Crippen LogP contribution in [-0.2, 0) is 11.3 Å². The second-order valence-electron chi connectivity index (χ2n) is 4.34. The summed E-state index contributed by atoms with van der Waals surface area (Å²) in [5.74, 6) is 0.174. The summed E-state index contributed by atoms with van der Waals surface area (Å²) in [4.78, 5) is 15.5. The highest BCUT2D eigenvalue weighted by molar-refractivity contribution is 5.76. The number of nitrogens with zero attached hydrogens (tertiary/aromatic N) is 3. The van der Waals surface area contributed by atoms with Crippen LogP contribution in [0.3, 0.4) is 0 Å². The molecule has 2 rings (SSSR count). The molecule has 3 N–H and O–H groups in total. The summed E-state index contributed by atoms with van der Waals surface area (Å²) in [6, 6.07) is 0. The number of nitrogen functional groups attached to an aromatic ring is 1. The van der Waals surface area contributed by atoms with Gasteiger partial charge in [-0.2, -0.15) is 0 Å². The van der Waals surface area contributed by atoms with E-state index in [-0.39, 0.29) is 23.9 Å². The van der Waals surface area contributed by atoms with E-state index >= 15 is 0 Å². The Morgan fingerprint density at radius 1 is 1.69 bits per heavy atom. The first-order chi connectivity index (χ1) is 7.63. The third-order valence-electron chi connectivity index (χ3n) is 3.25. The van der Waals surface area contributed by atoms with Crippen molar-refractivity contribution in [2.75, 3.05) is 5.73 Å². The number of nitrogens with two attached hydrogens (primary N) is 1. The normalized spacial score (nSPS) is 17.8. The van der Waals surface area contributed by atoms with E-state index in [2.05, 4.69) is 22.3 Å².